The van der Waals surface area contributed by atoms with E-state index < -0.39 is 17.3 Å². The third-order valence-electron chi connectivity index (χ3n) is 8.09. The summed E-state index contributed by atoms with van der Waals surface area (Å²) in [4.78, 5) is 19.1. The quantitative estimate of drug-likeness (QED) is 0.375. The number of carboxylic acids is 1. The highest BCUT2D eigenvalue weighted by molar-refractivity contribution is 6.32. The lowest BCUT2D eigenvalue weighted by Crippen LogP contribution is -2.53. The van der Waals surface area contributed by atoms with Gasteiger partial charge in [-0.3, -0.25) is 9.78 Å². The Morgan fingerprint density at radius 2 is 2.08 bits per heavy atom. The number of carbonyl (C=O) groups is 1. The molecule has 0 radical (unpaired) electrons. The minimum atomic E-state index is -1.03. The number of aromatic nitrogens is 1. The van der Waals surface area contributed by atoms with Crippen molar-refractivity contribution < 1.29 is 23.4 Å². The zero-order valence-electron chi connectivity index (χ0n) is 21.4. The maximum absolute atomic E-state index is 14.2. The minimum Gasteiger partial charge on any atom is -0.497 e. The van der Waals surface area contributed by atoms with Crippen LogP contribution in [0.5, 0.6) is 5.75 Å². The normalized spacial score (nSPS) is 23.8. The Hall–Kier alpha value is -2.81. The van der Waals surface area contributed by atoms with Crippen LogP contribution in [0.3, 0.4) is 0 Å². The molecule has 1 saturated heterocycles. The molecule has 38 heavy (non-hydrogen) atoms. The summed E-state index contributed by atoms with van der Waals surface area (Å²) in [6.07, 6.45) is 4.72. The topological polar surface area (TPSA) is 74.7 Å². The molecule has 3 unspecified atom stereocenters. The van der Waals surface area contributed by atoms with Crippen LogP contribution in [0.1, 0.15) is 42.7 Å². The van der Waals surface area contributed by atoms with Gasteiger partial charge in [0.25, 0.3) is 0 Å². The largest absolute Gasteiger partial charge is 0.497 e. The van der Waals surface area contributed by atoms with Crippen LogP contribution in [0.15, 0.2) is 42.6 Å². The van der Waals surface area contributed by atoms with Gasteiger partial charge in [-0.1, -0.05) is 11.6 Å². The first-order valence-electron chi connectivity index (χ1n) is 13.1. The summed E-state index contributed by atoms with van der Waals surface area (Å²) in [5, 5.41) is 15.0. The van der Waals surface area contributed by atoms with Crippen molar-refractivity contribution in [3.63, 3.8) is 0 Å². The molecule has 2 N–H and O–H groups in total. The number of ether oxygens (including phenoxy) is 1. The van der Waals surface area contributed by atoms with E-state index in [1.807, 2.05) is 18.2 Å². The monoisotopic (exact) mass is 543 g/mol. The van der Waals surface area contributed by atoms with E-state index in [-0.39, 0.29) is 17.7 Å². The van der Waals surface area contributed by atoms with Crippen molar-refractivity contribution in [1.82, 2.24) is 15.2 Å². The van der Waals surface area contributed by atoms with Gasteiger partial charge in [0.2, 0.25) is 0 Å². The highest BCUT2D eigenvalue weighted by atomic mass is 35.5. The second-order valence-electron chi connectivity index (χ2n) is 10.5. The molecule has 2 heterocycles. The van der Waals surface area contributed by atoms with Crippen molar-refractivity contribution >= 4 is 28.5 Å². The van der Waals surface area contributed by atoms with E-state index >= 15 is 0 Å². The molecule has 1 saturated carbocycles. The maximum atomic E-state index is 14.2. The molecule has 3 atom stereocenters. The molecule has 202 valence electrons. The molecule has 2 aliphatic rings. The molecular weight excluding hydrogens is 512 g/mol. The molecule has 5 rings (SSSR count). The fraction of sp³-hybridized carbons (Fsp3) is 0.448. The summed E-state index contributed by atoms with van der Waals surface area (Å²) in [6.45, 7) is 2.62. The molecule has 6 nitrogen and oxygen atoms in total. The Bertz CT molecular complexity index is 1340. The van der Waals surface area contributed by atoms with E-state index in [9.17, 15) is 18.7 Å². The smallest absolute Gasteiger partial charge is 0.323 e. The zero-order valence-corrected chi connectivity index (χ0v) is 22.1. The molecular formula is C29H32ClF2N3O3. The number of nitrogens with one attached hydrogen (secondary N) is 1. The number of benzene rings is 2. The van der Waals surface area contributed by atoms with Crippen molar-refractivity contribution in [1.29, 1.82) is 0 Å². The predicted molar refractivity (Wildman–Crippen MR) is 143 cm³/mol. The van der Waals surface area contributed by atoms with E-state index in [1.54, 1.807) is 13.3 Å². The highest BCUT2D eigenvalue weighted by Gasteiger charge is 2.43. The molecule has 1 aliphatic carbocycles. The van der Waals surface area contributed by atoms with Crippen LogP contribution in [0.2, 0.25) is 5.02 Å². The number of methoxy groups -OCH3 is 1. The van der Waals surface area contributed by atoms with Crippen LogP contribution >= 0.6 is 11.6 Å². The van der Waals surface area contributed by atoms with Gasteiger partial charge in [0.15, 0.2) is 0 Å². The standard InChI is InChI=1S/C29H32ClF2N3O3/c1-38-20-4-6-27-24(15-20)21(25(30)16-33-27)7-10-34-29(28(36)37)8-2-11-35(12-9-29)17-18-13-22(18)23-14-19(31)3-5-26(23)32/h3-6,14-16,18,22,34H,2,7-13,17H2,1H3,(H,36,37). The number of carboxylic acid groups (broad SMARTS) is 1. The lowest BCUT2D eigenvalue weighted by molar-refractivity contribution is -0.145. The van der Waals surface area contributed by atoms with Crippen LogP contribution in [-0.2, 0) is 11.2 Å². The Balaban J connectivity index is 1.21. The van der Waals surface area contributed by atoms with Gasteiger partial charge in [0, 0.05) is 31.2 Å². The van der Waals surface area contributed by atoms with Gasteiger partial charge in [0.05, 0.1) is 17.6 Å². The molecule has 3 aromatic rings. The average Bonchev–Trinajstić information content (AvgIpc) is 3.70. The van der Waals surface area contributed by atoms with Crippen LogP contribution < -0.4 is 10.1 Å². The molecule has 2 fully saturated rings. The summed E-state index contributed by atoms with van der Waals surface area (Å²) in [6, 6.07) is 9.27. The lowest BCUT2D eigenvalue weighted by Gasteiger charge is -2.30. The fourth-order valence-electron chi connectivity index (χ4n) is 5.81. The first kappa shape index (κ1) is 26.8. The first-order valence-corrected chi connectivity index (χ1v) is 13.4. The molecule has 0 bridgehead atoms. The van der Waals surface area contributed by atoms with Gasteiger partial charge in [-0.25, -0.2) is 8.78 Å². The number of fused-ring (bicyclic) bond motifs is 1. The number of pyridine rings is 1. The minimum absolute atomic E-state index is 0.0230. The number of rotatable bonds is 9. The van der Waals surface area contributed by atoms with Crippen molar-refractivity contribution in [2.24, 2.45) is 5.92 Å². The lowest BCUT2D eigenvalue weighted by atomic mass is 9.90. The summed E-state index contributed by atoms with van der Waals surface area (Å²) in [5.41, 5.74) is 1.13. The third-order valence-corrected chi connectivity index (χ3v) is 8.41. The fourth-order valence-corrected chi connectivity index (χ4v) is 6.05. The third kappa shape index (κ3) is 5.63. The molecule has 2 aromatic carbocycles. The second kappa shape index (κ2) is 11.1. The van der Waals surface area contributed by atoms with E-state index in [0.717, 1.165) is 48.5 Å². The summed E-state index contributed by atoms with van der Waals surface area (Å²) < 4.78 is 33.2. The Kier molecular flexibility index (Phi) is 7.84. The Labute approximate surface area is 226 Å². The number of hydrogen-bond donors (Lipinski definition) is 2. The second-order valence-corrected chi connectivity index (χ2v) is 10.9. The molecule has 0 amide bonds. The van der Waals surface area contributed by atoms with E-state index in [2.05, 4.69) is 15.2 Å². The number of nitrogens with zero attached hydrogens (tertiary/aromatic N) is 2. The Morgan fingerprint density at radius 1 is 1.24 bits per heavy atom. The zero-order chi connectivity index (χ0) is 26.9. The van der Waals surface area contributed by atoms with Crippen LogP contribution in [0, 0.1) is 17.6 Å². The van der Waals surface area contributed by atoms with E-state index in [1.165, 1.54) is 12.1 Å². The molecule has 1 aliphatic heterocycles. The van der Waals surface area contributed by atoms with Gasteiger partial charge < -0.3 is 20.1 Å². The summed E-state index contributed by atoms with van der Waals surface area (Å²) in [5.74, 6) is -0.633. The molecule has 0 spiro atoms. The van der Waals surface area contributed by atoms with Gasteiger partial charge in [0.1, 0.15) is 22.9 Å². The van der Waals surface area contributed by atoms with Gasteiger partial charge in [-0.2, -0.15) is 0 Å². The van der Waals surface area contributed by atoms with Crippen LogP contribution in [0.4, 0.5) is 8.78 Å². The summed E-state index contributed by atoms with van der Waals surface area (Å²) >= 11 is 6.49. The number of hydrogen-bond acceptors (Lipinski definition) is 5. The van der Waals surface area contributed by atoms with Crippen molar-refractivity contribution in [2.75, 3.05) is 33.3 Å². The van der Waals surface area contributed by atoms with Gasteiger partial charge in [-0.15, -0.1) is 0 Å². The van der Waals surface area contributed by atoms with Crippen LogP contribution in [-0.4, -0.2) is 59.8 Å². The SMILES string of the molecule is COc1ccc2ncc(Cl)c(CCNC3(C(=O)O)CCCN(CC4CC4c4cc(F)ccc4F)CC3)c2c1. The maximum Gasteiger partial charge on any atom is 0.323 e. The number of halogens is 3. The van der Waals surface area contributed by atoms with E-state index in [0.29, 0.717) is 48.7 Å². The summed E-state index contributed by atoms with van der Waals surface area (Å²) in [7, 11) is 1.61. The van der Waals surface area contributed by atoms with Gasteiger partial charge >= 0.3 is 5.97 Å². The van der Waals surface area contributed by atoms with Crippen LogP contribution in [0.25, 0.3) is 10.9 Å². The van der Waals surface area contributed by atoms with E-state index in [4.69, 9.17) is 16.3 Å². The first-order chi connectivity index (χ1) is 18.3. The molecule has 9 heteroatoms. The van der Waals surface area contributed by atoms with Gasteiger partial charge in [-0.05, 0) is 98.0 Å². The molecule has 1 aromatic heterocycles. The highest BCUT2D eigenvalue weighted by Crippen LogP contribution is 2.49. The van der Waals surface area contributed by atoms with Crippen molar-refractivity contribution in [3.8, 4) is 5.75 Å². The van der Waals surface area contributed by atoms with Crippen molar-refractivity contribution in [3.05, 3.63) is 70.4 Å². The number of aliphatic carboxylic acids is 1. The Morgan fingerprint density at radius 3 is 2.87 bits per heavy atom. The predicted octanol–water partition coefficient (Wildman–Crippen LogP) is 5.42. The van der Waals surface area contributed by atoms with Crippen molar-refractivity contribution in [2.45, 2.75) is 43.6 Å². The number of likely N-dealkylation sites (tertiary alicyclic amines) is 1. The average molecular weight is 544 g/mol.